The van der Waals surface area contributed by atoms with E-state index in [2.05, 4.69) is 0 Å². The van der Waals surface area contributed by atoms with Gasteiger partial charge in [0, 0.05) is 6.54 Å². The molecule has 2 unspecified atom stereocenters. The van der Waals surface area contributed by atoms with Gasteiger partial charge in [0.25, 0.3) is 0 Å². The van der Waals surface area contributed by atoms with Gasteiger partial charge in [0.05, 0.1) is 12.2 Å². The highest BCUT2D eigenvalue weighted by atomic mass is 32.2. The number of nitrogens with two attached hydrogens (primary N) is 1. The van der Waals surface area contributed by atoms with Gasteiger partial charge in [-0.25, -0.2) is 0 Å². The van der Waals surface area contributed by atoms with Gasteiger partial charge in [0.2, 0.25) is 0 Å². The lowest BCUT2D eigenvalue weighted by atomic mass is 9.86. The second kappa shape index (κ2) is 6.23. The number of hydrogen-bond donors (Lipinski definition) is 2. The van der Waals surface area contributed by atoms with Crippen molar-refractivity contribution < 1.29 is 22.5 Å². The molecule has 0 heterocycles. The normalized spacial score (nSPS) is 14.6. The lowest BCUT2D eigenvalue weighted by Gasteiger charge is -2.20. The standard InChI is InChI=1S/C13H19NO5S/c1-8(9(2)13(15)16)12-5-4-11(6-10(12)7-14)19-20(3,17)18/h4-6,8-9H,7,14H2,1-3H3,(H,15,16). The van der Waals surface area contributed by atoms with Gasteiger partial charge in [0.1, 0.15) is 5.75 Å². The number of hydrogen-bond acceptors (Lipinski definition) is 5. The Morgan fingerprint density at radius 2 is 2.00 bits per heavy atom. The summed E-state index contributed by atoms with van der Waals surface area (Å²) in [5, 5.41) is 9.05. The summed E-state index contributed by atoms with van der Waals surface area (Å²) in [7, 11) is -3.60. The molecule has 1 aromatic rings. The summed E-state index contributed by atoms with van der Waals surface area (Å²) in [5.74, 6) is -1.52. The van der Waals surface area contributed by atoms with E-state index in [-0.39, 0.29) is 18.2 Å². The molecule has 0 spiro atoms. The third-order valence-electron chi connectivity index (χ3n) is 3.21. The molecule has 0 aliphatic carbocycles. The first kappa shape index (κ1) is 16.5. The molecule has 112 valence electrons. The van der Waals surface area contributed by atoms with Crippen LogP contribution in [0.15, 0.2) is 18.2 Å². The third-order valence-corrected chi connectivity index (χ3v) is 3.71. The topological polar surface area (TPSA) is 107 Å². The van der Waals surface area contributed by atoms with Crippen LogP contribution in [0.4, 0.5) is 0 Å². The fourth-order valence-electron chi connectivity index (χ4n) is 1.91. The average molecular weight is 301 g/mol. The number of carboxylic acid groups (broad SMARTS) is 1. The van der Waals surface area contributed by atoms with E-state index in [1.165, 1.54) is 12.1 Å². The zero-order valence-corrected chi connectivity index (χ0v) is 12.5. The second-order valence-corrected chi connectivity index (χ2v) is 6.34. The van der Waals surface area contributed by atoms with Crippen LogP contribution in [-0.4, -0.2) is 25.7 Å². The van der Waals surface area contributed by atoms with Crippen molar-refractivity contribution in [3.8, 4) is 5.75 Å². The Hall–Kier alpha value is -1.60. The van der Waals surface area contributed by atoms with Gasteiger partial charge in [-0.05, 0) is 29.2 Å². The van der Waals surface area contributed by atoms with Crippen molar-refractivity contribution in [2.75, 3.05) is 6.26 Å². The van der Waals surface area contributed by atoms with Crippen molar-refractivity contribution in [2.24, 2.45) is 11.7 Å². The van der Waals surface area contributed by atoms with Crippen molar-refractivity contribution in [3.05, 3.63) is 29.3 Å². The Balaban J connectivity index is 3.14. The summed E-state index contributed by atoms with van der Waals surface area (Å²) in [6, 6.07) is 4.69. The maximum Gasteiger partial charge on any atom is 0.306 e. The van der Waals surface area contributed by atoms with Crippen LogP contribution in [-0.2, 0) is 21.5 Å². The van der Waals surface area contributed by atoms with Crippen LogP contribution < -0.4 is 9.92 Å². The second-order valence-electron chi connectivity index (χ2n) is 4.77. The Morgan fingerprint density at radius 1 is 1.40 bits per heavy atom. The summed E-state index contributed by atoms with van der Waals surface area (Å²) in [6.07, 6.45) is 0.957. The molecule has 0 aliphatic rings. The van der Waals surface area contributed by atoms with E-state index < -0.39 is 22.0 Å². The highest BCUT2D eigenvalue weighted by Crippen LogP contribution is 2.30. The van der Waals surface area contributed by atoms with Crippen molar-refractivity contribution in [1.29, 1.82) is 0 Å². The molecule has 0 aromatic heterocycles. The monoisotopic (exact) mass is 301 g/mol. The Morgan fingerprint density at radius 3 is 2.45 bits per heavy atom. The molecule has 0 bridgehead atoms. The van der Waals surface area contributed by atoms with E-state index >= 15 is 0 Å². The van der Waals surface area contributed by atoms with Gasteiger partial charge < -0.3 is 15.0 Å². The molecule has 7 heteroatoms. The predicted octanol–water partition coefficient (Wildman–Crippen LogP) is 1.31. The van der Waals surface area contributed by atoms with Crippen LogP contribution in [0.2, 0.25) is 0 Å². The molecule has 0 aliphatic heterocycles. The number of carbonyl (C=O) groups is 1. The molecule has 0 saturated heterocycles. The molecule has 0 fully saturated rings. The van der Waals surface area contributed by atoms with Gasteiger partial charge in [-0.2, -0.15) is 8.42 Å². The first-order valence-corrected chi connectivity index (χ1v) is 7.92. The lowest BCUT2D eigenvalue weighted by Crippen LogP contribution is -2.18. The van der Waals surface area contributed by atoms with E-state index in [9.17, 15) is 13.2 Å². The maximum atomic E-state index is 11.1. The van der Waals surface area contributed by atoms with Crippen molar-refractivity contribution in [3.63, 3.8) is 0 Å². The smallest absolute Gasteiger partial charge is 0.306 e. The molecule has 1 aromatic carbocycles. The van der Waals surface area contributed by atoms with E-state index in [4.69, 9.17) is 15.0 Å². The van der Waals surface area contributed by atoms with Gasteiger partial charge in [0.15, 0.2) is 0 Å². The Labute approximate surface area is 118 Å². The molecular weight excluding hydrogens is 282 g/mol. The minimum Gasteiger partial charge on any atom is -0.481 e. The molecule has 0 saturated carbocycles. The van der Waals surface area contributed by atoms with Crippen LogP contribution in [0, 0.1) is 5.92 Å². The summed E-state index contributed by atoms with van der Waals surface area (Å²) in [5.41, 5.74) is 7.10. The molecule has 0 radical (unpaired) electrons. The van der Waals surface area contributed by atoms with Crippen LogP contribution in [0.1, 0.15) is 30.9 Å². The van der Waals surface area contributed by atoms with Crippen LogP contribution in [0.3, 0.4) is 0 Å². The maximum absolute atomic E-state index is 11.1. The summed E-state index contributed by atoms with van der Waals surface area (Å²) >= 11 is 0. The highest BCUT2D eigenvalue weighted by Gasteiger charge is 2.23. The fourth-order valence-corrected chi connectivity index (χ4v) is 2.37. The zero-order chi connectivity index (χ0) is 15.5. The van der Waals surface area contributed by atoms with E-state index in [1.807, 2.05) is 0 Å². The van der Waals surface area contributed by atoms with Crippen LogP contribution in [0.5, 0.6) is 5.75 Å². The van der Waals surface area contributed by atoms with Crippen molar-refractivity contribution in [1.82, 2.24) is 0 Å². The molecule has 2 atom stereocenters. The number of aliphatic carboxylic acids is 1. The SMILES string of the molecule is CC(C(=O)O)C(C)c1ccc(OS(C)(=O)=O)cc1CN. The van der Waals surface area contributed by atoms with E-state index in [0.717, 1.165) is 11.8 Å². The number of benzene rings is 1. The molecule has 20 heavy (non-hydrogen) atoms. The summed E-state index contributed by atoms with van der Waals surface area (Å²) < 4.78 is 27.0. The Kier molecular flexibility index (Phi) is 5.13. The van der Waals surface area contributed by atoms with Gasteiger partial charge >= 0.3 is 16.1 Å². The molecule has 3 N–H and O–H groups in total. The largest absolute Gasteiger partial charge is 0.481 e. The first-order valence-electron chi connectivity index (χ1n) is 6.11. The third kappa shape index (κ3) is 4.21. The molecular formula is C13H19NO5S. The van der Waals surface area contributed by atoms with Crippen LogP contribution in [0.25, 0.3) is 0 Å². The Bertz CT molecular complexity index is 597. The van der Waals surface area contributed by atoms with E-state index in [0.29, 0.717) is 5.56 Å². The van der Waals surface area contributed by atoms with Crippen molar-refractivity contribution in [2.45, 2.75) is 26.3 Å². The predicted molar refractivity (Wildman–Crippen MR) is 75.0 cm³/mol. The lowest BCUT2D eigenvalue weighted by molar-refractivity contribution is -0.141. The fraction of sp³-hybridized carbons (Fsp3) is 0.462. The van der Waals surface area contributed by atoms with Crippen LogP contribution >= 0.6 is 0 Å². The highest BCUT2D eigenvalue weighted by molar-refractivity contribution is 7.86. The van der Waals surface area contributed by atoms with E-state index in [1.54, 1.807) is 19.9 Å². The molecule has 6 nitrogen and oxygen atoms in total. The number of carboxylic acids is 1. The zero-order valence-electron chi connectivity index (χ0n) is 11.7. The molecule has 1 rings (SSSR count). The van der Waals surface area contributed by atoms with Gasteiger partial charge in [-0.1, -0.05) is 19.9 Å². The van der Waals surface area contributed by atoms with Gasteiger partial charge in [-0.3, -0.25) is 4.79 Å². The number of rotatable bonds is 6. The van der Waals surface area contributed by atoms with Gasteiger partial charge in [-0.15, -0.1) is 0 Å². The average Bonchev–Trinajstić information content (AvgIpc) is 2.34. The molecule has 0 amide bonds. The quantitative estimate of drug-likeness (QED) is 0.767. The summed E-state index contributed by atoms with van der Waals surface area (Å²) in [4.78, 5) is 11.0. The minimum atomic E-state index is -3.60. The first-order chi connectivity index (χ1) is 9.15. The van der Waals surface area contributed by atoms with Crippen molar-refractivity contribution >= 4 is 16.1 Å². The summed E-state index contributed by atoms with van der Waals surface area (Å²) in [6.45, 7) is 3.59. The minimum absolute atomic E-state index is 0.173.